The first-order valence-electron chi connectivity index (χ1n) is 13.0. The van der Waals surface area contributed by atoms with Crippen molar-refractivity contribution in [2.45, 2.75) is 41.3 Å². The van der Waals surface area contributed by atoms with E-state index in [2.05, 4.69) is 0 Å². The number of esters is 1. The van der Waals surface area contributed by atoms with E-state index in [-0.39, 0.29) is 40.4 Å². The van der Waals surface area contributed by atoms with Crippen molar-refractivity contribution < 1.29 is 23.9 Å². The van der Waals surface area contributed by atoms with E-state index in [1.807, 2.05) is 32.0 Å². The molecule has 4 aliphatic rings. The second-order valence-electron chi connectivity index (χ2n) is 11.1. The highest BCUT2D eigenvalue weighted by molar-refractivity contribution is 6.67. The molecule has 2 aromatic carbocycles. The van der Waals surface area contributed by atoms with Gasteiger partial charge >= 0.3 is 5.97 Å². The molecule has 0 spiro atoms. The van der Waals surface area contributed by atoms with Crippen LogP contribution in [0.15, 0.2) is 46.5 Å². The first-order chi connectivity index (χ1) is 19.6. The lowest BCUT2D eigenvalue weighted by Crippen LogP contribution is -2.50. The number of fused-ring (bicyclic) bond motifs is 5. The number of allylic oxidation sites excluding steroid dienone is 2. The molecule has 2 aliphatic carbocycles. The summed E-state index contributed by atoms with van der Waals surface area (Å²) in [6.45, 7) is 5.68. The number of anilines is 2. The first kappa shape index (κ1) is 30.0. The number of amides is 3. The zero-order valence-electron chi connectivity index (χ0n) is 22.3. The van der Waals surface area contributed by atoms with Crippen molar-refractivity contribution in [3.05, 3.63) is 63.2 Å². The summed E-state index contributed by atoms with van der Waals surface area (Å²) < 4.78 is 3.60. The van der Waals surface area contributed by atoms with Crippen LogP contribution < -0.4 is 14.5 Å². The molecule has 2 saturated heterocycles. The van der Waals surface area contributed by atoms with E-state index >= 15 is 0 Å². The molecule has 2 aromatic rings. The first-order valence-corrected chi connectivity index (χ1v) is 15.2. The summed E-state index contributed by atoms with van der Waals surface area (Å²) in [6, 6.07) is 10.2. The third-order valence-electron chi connectivity index (χ3n) is 8.70. The maximum Gasteiger partial charge on any atom is 0.316 e. The summed E-state index contributed by atoms with van der Waals surface area (Å²) in [5.41, 5.74) is 3.37. The van der Waals surface area contributed by atoms with E-state index in [9.17, 15) is 19.2 Å². The zero-order valence-corrected chi connectivity index (χ0v) is 26.8. The lowest BCUT2D eigenvalue weighted by atomic mass is 9.84. The van der Waals surface area contributed by atoms with E-state index in [0.29, 0.717) is 5.56 Å². The number of para-hydroxylation sites is 1. The molecular formula is C29H22Cl6N2O5. The lowest BCUT2D eigenvalue weighted by molar-refractivity contribution is -0.139. The van der Waals surface area contributed by atoms with Crippen molar-refractivity contribution in [2.24, 2.45) is 17.8 Å². The van der Waals surface area contributed by atoms with Crippen LogP contribution in [0.5, 0.6) is 5.75 Å². The number of nitrogens with zero attached hydrogens (tertiary/aromatic N) is 2. The van der Waals surface area contributed by atoms with Crippen LogP contribution in [0.4, 0.5) is 11.4 Å². The van der Waals surface area contributed by atoms with Gasteiger partial charge < -0.3 is 9.64 Å². The second kappa shape index (κ2) is 9.75. The van der Waals surface area contributed by atoms with Crippen molar-refractivity contribution in [3.8, 4) is 5.75 Å². The number of hydrogen-bond acceptors (Lipinski definition) is 5. The number of carbonyl (C=O) groups excluding carboxylic acids is 4. The molecule has 2 aliphatic heterocycles. The normalized spacial score (nSPS) is 31.5. The van der Waals surface area contributed by atoms with Gasteiger partial charge in [0.1, 0.15) is 15.5 Å². The molecule has 0 radical (unpaired) electrons. The maximum absolute atomic E-state index is 13.7. The van der Waals surface area contributed by atoms with Gasteiger partial charge in [0.05, 0.1) is 33.5 Å². The molecule has 0 N–H and O–H groups in total. The summed E-state index contributed by atoms with van der Waals surface area (Å²) in [6.07, 6.45) is 0.0192. The van der Waals surface area contributed by atoms with E-state index in [4.69, 9.17) is 74.3 Å². The van der Waals surface area contributed by atoms with Gasteiger partial charge in [-0.2, -0.15) is 0 Å². The van der Waals surface area contributed by atoms with E-state index in [1.165, 1.54) is 18.2 Å². The molecule has 2 heterocycles. The molecular weight excluding hydrogens is 669 g/mol. The molecule has 5 atom stereocenters. The minimum Gasteiger partial charge on any atom is -0.426 e. The van der Waals surface area contributed by atoms with Crippen LogP contribution in [-0.4, -0.2) is 44.3 Å². The molecule has 0 unspecified atom stereocenters. The number of rotatable bonds is 4. The Kier molecular flexibility index (Phi) is 6.97. The number of ether oxygens (including phenoxy) is 1. The zero-order chi connectivity index (χ0) is 30.7. The SMILES string of the molecule is Cc1cc(OC(=O)[C@@H]2CC(=O)N(c3c(C)cccc3C)C2)ccc1N1C(=O)[C@@H]2[C@H](C1=O)[C@@]1(Cl)C(Cl)=C(Cl)[C@@]2(Cl)C1(Cl)Cl. The van der Waals surface area contributed by atoms with Crippen molar-refractivity contribution in [1.82, 2.24) is 0 Å². The minimum absolute atomic E-state index is 0.0192. The van der Waals surface area contributed by atoms with Crippen LogP contribution in [0.25, 0.3) is 0 Å². The maximum atomic E-state index is 13.7. The van der Waals surface area contributed by atoms with Crippen molar-refractivity contribution in [3.63, 3.8) is 0 Å². The van der Waals surface area contributed by atoms with Crippen LogP contribution in [0.3, 0.4) is 0 Å². The van der Waals surface area contributed by atoms with E-state index in [1.54, 1.807) is 11.8 Å². The highest BCUT2D eigenvalue weighted by Gasteiger charge is 2.87. The van der Waals surface area contributed by atoms with E-state index in [0.717, 1.165) is 21.7 Å². The van der Waals surface area contributed by atoms with Crippen LogP contribution in [0, 0.1) is 38.5 Å². The standard InChI is InChI=1S/C29H22Cl6N2O5/c1-12-5-4-6-13(2)21(12)36-11-15(10-18(36)38)26(41)42-16-7-8-17(14(3)9-16)37-24(39)19-20(25(37)40)28(33)23(31)22(30)27(19,32)29(28,34)35/h4-9,15,19-20H,10-11H2,1-3H3/t15-,19-,20+,27-,28-/m1/s1. The Morgan fingerprint density at radius 3 is 1.93 bits per heavy atom. The molecule has 13 heteroatoms. The number of alkyl halides is 4. The Morgan fingerprint density at radius 2 is 1.40 bits per heavy atom. The predicted octanol–water partition coefficient (Wildman–Crippen LogP) is 6.52. The highest BCUT2D eigenvalue weighted by Crippen LogP contribution is 2.77. The summed E-state index contributed by atoms with van der Waals surface area (Å²) in [5.74, 6) is -5.08. The molecule has 2 bridgehead atoms. The number of hydrogen-bond donors (Lipinski definition) is 0. The minimum atomic E-state index is -2.02. The Bertz CT molecular complexity index is 1590. The molecule has 3 fully saturated rings. The topological polar surface area (TPSA) is 84.0 Å². The fraction of sp³-hybridized carbons (Fsp3) is 0.379. The van der Waals surface area contributed by atoms with Gasteiger partial charge in [-0.3, -0.25) is 19.2 Å². The lowest BCUT2D eigenvalue weighted by Gasteiger charge is -2.34. The monoisotopic (exact) mass is 688 g/mol. The van der Waals surface area contributed by atoms with Gasteiger partial charge in [-0.05, 0) is 55.7 Å². The van der Waals surface area contributed by atoms with Gasteiger partial charge in [0.2, 0.25) is 17.7 Å². The molecule has 7 nitrogen and oxygen atoms in total. The average molecular weight is 691 g/mol. The Hall–Kier alpha value is -2.00. The largest absolute Gasteiger partial charge is 0.426 e. The van der Waals surface area contributed by atoms with Crippen molar-refractivity contribution >= 4 is 105 Å². The van der Waals surface area contributed by atoms with Gasteiger partial charge in [0, 0.05) is 18.7 Å². The van der Waals surface area contributed by atoms with Gasteiger partial charge in [-0.25, -0.2) is 4.90 Å². The average Bonchev–Trinajstić information content (AvgIpc) is 3.50. The molecule has 0 aromatic heterocycles. The Morgan fingerprint density at radius 1 is 0.857 bits per heavy atom. The summed E-state index contributed by atoms with van der Waals surface area (Å²) in [7, 11) is 0. The van der Waals surface area contributed by atoms with Crippen LogP contribution in [-0.2, 0) is 19.2 Å². The number of halogens is 6. The number of benzene rings is 2. The highest BCUT2D eigenvalue weighted by atomic mass is 35.5. The fourth-order valence-electron chi connectivity index (χ4n) is 6.69. The summed E-state index contributed by atoms with van der Waals surface area (Å²) in [5, 5.41) is -0.341. The van der Waals surface area contributed by atoms with Gasteiger partial charge in [0.15, 0.2) is 4.33 Å². The molecule has 6 rings (SSSR count). The van der Waals surface area contributed by atoms with Gasteiger partial charge in [0.25, 0.3) is 0 Å². The second-order valence-corrected chi connectivity index (χ2v) is 14.4. The third-order valence-corrected chi connectivity index (χ3v) is 13.0. The van der Waals surface area contributed by atoms with Gasteiger partial charge in [-0.1, -0.05) is 64.6 Å². The molecule has 1 saturated carbocycles. The van der Waals surface area contributed by atoms with Gasteiger partial charge in [-0.15, -0.1) is 23.2 Å². The van der Waals surface area contributed by atoms with Crippen LogP contribution >= 0.6 is 69.6 Å². The summed E-state index contributed by atoms with van der Waals surface area (Å²) >= 11 is 39.4. The molecule has 42 heavy (non-hydrogen) atoms. The van der Waals surface area contributed by atoms with Crippen molar-refractivity contribution in [1.29, 1.82) is 0 Å². The Balaban J connectivity index is 1.22. The molecule has 220 valence electrons. The molecule has 3 amide bonds. The van der Waals surface area contributed by atoms with Crippen LogP contribution in [0.1, 0.15) is 23.1 Å². The smallest absolute Gasteiger partial charge is 0.316 e. The van der Waals surface area contributed by atoms with Crippen molar-refractivity contribution in [2.75, 3.05) is 16.3 Å². The number of carbonyl (C=O) groups is 4. The quantitative estimate of drug-likeness (QED) is 0.158. The van der Waals surface area contributed by atoms with Crippen LogP contribution in [0.2, 0.25) is 0 Å². The third kappa shape index (κ3) is 3.67. The van der Waals surface area contributed by atoms with E-state index < -0.39 is 49.6 Å². The predicted molar refractivity (Wildman–Crippen MR) is 163 cm³/mol. The number of imide groups is 1. The fourth-order valence-corrected chi connectivity index (χ4v) is 9.62. The number of aryl methyl sites for hydroxylation is 3. The Labute approximate surface area is 271 Å². The summed E-state index contributed by atoms with van der Waals surface area (Å²) in [4.78, 5) is 52.0.